The van der Waals surface area contributed by atoms with Crippen molar-refractivity contribution in [3.8, 4) is 17.6 Å². The number of halogens is 4. The van der Waals surface area contributed by atoms with Gasteiger partial charge in [-0.2, -0.15) is 23.4 Å². The Hall–Kier alpha value is -4.18. The molecule has 1 unspecified atom stereocenters. The van der Waals surface area contributed by atoms with Crippen molar-refractivity contribution >= 4 is 22.5 Å². The summed E-state index contributed by atoms with van der Waals surface area (Å²) in [7, 11) is 1.84. The molecule has 42 heavy (non-hydrogen) atoms. The number of aromatic nitrogens is 3. The number of benzene rings is 1. The fraction of sp³-hybridized carbons (Fsp3) is 0.448. The van der Waals surface area contributed by atoms with Crippen LogP contribution in [0, 0.1) is 29.1 Å². The number of anilines is 1. The number of carbonyl (C=O) groups excluding carboxylic acids is 1. The number of nitriles is 1. The first-order valence-corrected chi connectivity index (χ1v) is 13.7. The zero-order valence-electron chi connectivity index (χ0n) is 23.1. The molecule has 222 valence electrons. The fourth-order valence-electron chi connectivity index (χ4n) is 5.46. The molecule has 3 aromatic rings. The van der Waals surface area contributed by atoms with Crippen LogP contribution < -0.4 is 10.6 Å². The third-order valence-electron chi connectivity index (χ3n) is 7.64. The molecule has 9 nitrogen and oxygen atoms in total. The van der Waals surface area contributed by atoms with E-state index < -0.39 is 36.8 Å². The number of amides is 1. The topological polar surface area (TPSA) is 112 Å². The molecule has 0 radical (unpaired) electrons. The average Bonchev–Trinajstić information content (AvgIpc) is 3.23. The number of allylic oxidation sites excluding steroid dienone is 4. The summed E-state index contributed by atoms with van der Waals surface area (Å²) in [5.74, 6) is -1.57. The van der Waals surface area contributed by atoms with Gasteiger partial charge < -0.3 is 24.6 Å². The van der Waals surface area contributed by atoms with Crippen molar-refractivity contribution in [3.05, 3.63) is 54.5 Å². The Morgan fingerprint density at radius 1 is 1.31 bits per heavy atom. The fourth-order valence-corrected chi connectivity index (χ4v) is 5.46. The molecule has 3 heterocycles. The van der Waals surface area contributed by atoms with Gasteiger partial charge in [-0.25, -0.2) is 4.39 Å². The van der Waals surface area contributed by atoms with Crippen molar-refractivity contribution < 1.29 is 26.9 Å². The van der Waals surface area contributed by atoms with E-state index in [2.05, 4.69) is 26.8 Å². The van der Waals surface area contributed by atoms with E-state index in [-0.39, 0.29) is 47.8 Å². The Labute approximate surface area is 239 Å². The number of nitrogens with zero attached hydrogens (tertiary/aromatic N) is 5. The number of hydrogen-bond acceptors (Lipinski definition) is 7. The molecule has 1 saturated carbocycles. The minimum atomic E-state index is -4.54. The van der Waals surface area contributed by atoms with Crippen LogP contribution in [0.25, 0.3) is 22.4 Å². The second kappa shape index (κ2) is 12.0. The average molecular weight is 586 g/mol. The van der Waals surface area contributed by atoms with Gasteiger partial charge in [-0.05, 0) is 38.6 Å². The smallest absolute Gasteiger partial charge is 0.379 e. The lowest BCUT2D eigenvalue weighted by Gasteiger charge is -2.33. The number of nitrogens with one attached hydrogen (secondary N) is 2. The van der Waals surface area contributed by atoms with Crippen LogP contribution in [0.5, 0.6) is 0 Å². The first kappa shape index (κ1) is 29.3. The van der Waals surface area contributed by atoms with E-state index in [1.165, 1.54) is 6.07 Å². The molecule has 5 rings (SSSR count). The third kappa shape index (κ3) is 6.33. The highest BCUT2D eigenvalue weighted by Crippen LogP contribution is 2.47. The van der Waals surface area contributed by atoms with Crippen LogP contribution in [-0.4, -0.2) is 64.0 Å². The van der Waals surface area contributed by atoms with E-state index in [1.54, 1.807) is 24.3 Å². The minimum Gasteiger partial charge on any atom is -0.379 e. The van der Waals surface area contributed by atoms with Crippen LogP contribution in [0.3, 0.4) is 0 Å². The highest BCUT2D eigenvalue weighted by Gasteiger charge is 2.53. The van der Waals surface area contributed by atoms with E-state index in [0.29, 0.717) is 24.0 Å². The Kier molecular flexibility index (Phi) is 8.36. The highest BCUT2D eigenvalue weighted by molar-refractivity contribution is 5.96. The number of fused-ring (bicyclic) bond motifs is 1. The van der Waals surface area contributed by atoms with Gasteiger partial charge in [0.25, 0.3) is 0 Å². The lowest BCUT2D eigenvalue weighted by Crippen LogP contribution is -2.46. The Morgan fingerprint density at radius 2 is 2.12 bits per heavy atom. The first-order valence-electron chi connectivity index (χ1n) is 13.7. The second-order valence-corrected chi connectivity index (χ2v) is 10.7. The van der Waals surface area contributed by atoms with Crippen molar-refractivity contribution in [2.45, 2.75) is 44.8 Å². The Balaban J connectivity index is 1.36. The van der Waals surface area contributed by atoms with Crippen LogP contribution in [0.2, 0.25) is 0 Å². The summed E-state index contributed by atoms with van der Waals surface area (Å²) in [4.78, 5) is 18.8. The van der Waals surface area contributed by atoms with Crippen molar-refractivity contribution in [2.24, 2.45) is 17.8 Å². The van der Waals surface area contributed by atoms with Gasteiger partial charge in [0.05, 0.1) is 41.7 Å². The number of carbonyl (C=O) groups is 1. The molecule has 2 fully saturated rings. The maximum absolute atomic E-state index is 14.7. The van der Waals surface area contributed by atoms with Gasteiger partial charge in [-0.1, -0.05) is 35.5 Å². The molecular weight excluding hydrogens is 554 g/mol. The van der Waals surface area contributed by atoms with Crippen molar-refractivity contribution in [1.29, 1.82) is 5.26 Å². The van der Waals surface area contributed by atoms with E-state index in [9.17, 15) is 27.6 Å². The van der Waals surface area contributed by atoms with Crippen LogP contribution in [-0.2, 0) is 17.9 Å². The summed E-state index contributed by atoms with van der Waals surface area (Å²) in [6.07, 6.45) is 2.12. The lowest BCUT2D eigenvalue weighted by atomic mass is 10.0. The number of hydrogen-bond donors (Lipinski definition) is 2. The molecule has 0 spiro atoms. The van der Waals surface area contributed by atoms with Crippen molar-refractivity contribution in [1.82, 2.24) is 24.9 Å². The number of piperidine rings is 1. The molecule has 1 amide bonds. The number of alkyl halides is 4. The standard InChI is InChI=1S/C29H31F4N7O2/c1-3-4-5-7-17-19(13-34)26(17)28(41)35-14-25-37-27(38-42-25)24-12-18-21(36-22-10-11-39(2)15-20(22)30)8-6-9-23(18)40(24)16-29(31,32)33/h3-9,12,17,19-20,22,26,36H,10-11,14-16H2,1-2H3,(H,35,41)/b4-3+,7-5+/t17?,19-,20-,22+,26+/m0/s1. The molecule has 1 saturated heterocycles. The molecule has 1 aliphatic carbocycles. The molecule has 13 heteroatoms. The largest absolute Gasteiger partial charge is 0.406 e. The van der Waals surface area contributed by atoms with Gasteiger partial charge in [0.2, 0.25) is 17.6 Å². The normalized spacial score (nSPS) is 24.8. The molecule has 2 N–H and O–H groups in total. The SMILES string of the molecule is C/C=C/C=C/C1[C@@H](C(=O)NCc2nc(-c3cc4c(N[C@@H]5CCN(C)C[C@@H]5F)cccc4n3CC(F)(F)F)no2)[C@H]1C#N. The highest BCUT2D eigenvalue weighted by atomic mass is 19.4. The van der Waals surface area contributed by atoms with Crippen LogP contribution in [0.15, 0.2) is 53.1 Å². The Bertz CT molecular complexity index is 1540. The molecular formula is C29H31F4N7O2. The molecule has 0 bridgehead atoms. The number of likely N-dealkylation sites (tertiary alicyclic amines) is 1. The third-order valence-corrected chi connectivity index (χ3v) is 7.64. The molecule has 5 atom stereocenters. The van der Waals surface area contributed by atoms with Gasteiger partial charge in [0, 0.05) is 30.1 Å². The van der Waals surface area contributed by atoms with E-state index in [0.717, 1.165) is 4.57 Å². The van der Waals surface area contributed by atoms with E-state index in [4.69, 9.17) is 4.52 Å². The lowest BCUT2D eigenvalue weighted by molar-refractivity contribution is -0.139. The quantitative estimate of drug-likeness (QED) is 0.273. The summed E-state index contributed by atoms with van der Waals surface area (Å²) in [6, 6.07) is 8.07. The van der Waals surface area contributed by atoms with Crippen molar-refractivity contribution in [2.75, 3.05) is 25.5 Å². The zero-order valence-corrected chi connectivity index (χ0v) is 23.1. The molecule has 1 aliphatic heterocycles. The number of rotatable bonds is 9. The summed E-state index contributed by atoms with van der Waals surface area (Å²) < 4.78 is 62.0. The van der Waals surface area contributed by atoms with Crippen LogP contribution in [0.1, 0.15) is 19.2 Å². The first-order chi connectivity index (χ1) is 20.1. The predicted octanol–water partition coefficient (Wildman–Crippen LogP) is 4.84. The maximum atomic E-state index is 14.7. The van der Waals surface area contributed by atoms with E-state index in [1.807, 2.05) is 37.1 Å². The Morgan fingerprint density at radius 3 is 2.83 bits per heavy atom. The van der Waals surface area contributed by atoms with Gasteiger partial charge in [0.1, 0.15) is 12.7 Å². The summed E-state index contributed by atoms with van der Waals surface area (Å²) >= 11 is 0. The van der Waals surface area contributed by atoms with E-state index >= 15 is 0 Å². The van der Waals surface area contributed by atoms with Gasteiger partial charge >= 0.3 is 6.18 Å². The van der Waals surface area contributed by atoms with Gasteiger partial charge in [-0.15, -0.1) is 0 Å². The van der Waals surface area contributed by atoms with Gasteiger partial charge in [-0.3, -0.25) is 4.79 Å². The second-order valence-electron chi connectivity index (χ2n) is 10.7. The molecule has 1 aromatic carbocycles. The predicted molar refractivity (Wildman–Crippen MR) is 148 cm³/mol. The van der Waals surface area contributed by atoms with Gasteiger partial charge in [0.15, 0.2) is 0 Å². The summed E-state index contributed by atoms with van der Waals surface area (Å²) in [6.45, 7) is 1.38. The monoisotopic (exact) mass is 585 g/mol. The molecule has 2 aromatic heterocycles. The van der Waals surface area contributed by atoms with Crippen LogP contribution >= 0.6 is 0 Å². The zero-order chi connectivity index (χ0) is 30.0. The molecule has 2 aliphatic rings. The maximum Gasteiger partial charge on any atom is 0.406 e. The summed E-state index contributed by atoms with van der Waals surface area (Å²) in [5, 5.41) is 19.6. The minimum absolute atomic E-state index is 0.00211. The van der Waals surface area contributed by atoms with Crippen LogP contribution in [0.4, 0.5) is 23.2 Å². The van der Waals surface area contributed by atoms with Crippen molar-refractivity contribution in [3.63, 3.8) is 0 Å². The summed E-state index contributed by atoms with van der Waals surface area (Å²) in [5.41, 5.74) is 0.861.